The van der Waals surface area contributed by atoms with Gasteiger partial charge in [-0.1, -0.05) is 24.3 Å². The van der Waals surface area contributed by atoms with Crippen LogP contribution in [-0.2, 0) is 4.74 Å². The molecule has 24 heavy (non-hydrogen) atoms. The summed E-state index contributed by atoms with van der Waals surface area (Å²) in [4.78, 5) is 24.2. The second-order valence-corrected chi connectivity index (χ2v) is 4.84. The number of methoxy groups -OCH3 is 3. The predicted molar refractivity (Wildman–Crippen MR) is 90.7 cm³/mol. The van der Waals surface area contributed by atoms with Gasteiger partial charge >= 0.3 is 5.97 Å². The monoisotopic (exact) mass is 326 g/mol. The molecule has 2 rings (SSSR count). The molecule has 2 aromatic rings. The SMILES string of the molecule is COC(=O)c1ccccc1/C=C/C(=O)c1cc(OC)ccc1OC. The summed E-state index contributed by atoms with van der Waals surface area (Å²) in [5.74, 6) is 0.293. The molecule has 5 nitrogen and oxygen atoms in total. The maximum absolute atomic E-state index is 12.5. The molecule has 0 spiro atoms. The van der Waals surface area contributed by atoms with Crippen LogP contribution in [0.2, 0.25) is 0 Å². The summed E-state index contributed by atoms with van der Waals surface area (Å²) in [5.41, 5.74) is 1.37. The standard InChI is InChI=1S/C19H18O5/c1-22-14-9-11-18(23-2)16(12-14)17(20)10-8-13-6-4-5-7-15(13)19(21)24-3/h4-12H,1-3H3/b10-8+. The number of esters is 1. The zero-order chi connectivity index (χ0) is 17.5. The molecule has 0 aliphatic carbocycles. The van der Waals surface area contributed by atoms with Gasteiger partial charge in [0.2, 0.25) is 0 Å². The van der Waals surface area contributed by atoms with Gasteiger partial charge in [0.1, 0.15) is 11.5 Å². The summed E-state index contributed by atoms with van der Waals surface area (Å²) < 4.78 is 15.1. The van der Waals surface area contributed by atoms with Gasteiger partial charge < -0.3 is 14.2 Å². The summed E-state index contributed by atoms with van der Waals surface area (Å²) in [6.07, 6.45) is 2.96. The first-order chi connectivity index (χ1) is 11.6. The first kappa shape index (κ1) is 17.3. The lowest BCUT2D eigenvalue weighted by molar-refractivity contribution is 0.0600. The smallest absolute Gasteiger partial charge is 0.338 e. The van der Waals surface area contributed by atoms with Gasteiger partial charge in [0.25, 0.3) is 0 Å². The predicted octanol–water partition coefficient (Wildman–Crippen LogP) is 3.39. The van der Waals surface area contributed by atoms with E-state index in [0.717, 1.165) is 0 Å². The van der Waals surface area contributed by atoms with Crippen LogP contribution in [0.5, 0.6) is 11.5 Å². The number of allylic oxidation sites excluding steroid dienone is 1. The number of carbonyl (C=O) groups excluding carboxylic acids is 2. The van der Waals surface area contributed by atoms with Crippen molar-refractivity contribution in [3.63, 3.8) is 0 Å². The maximum Gasteiger partial charge on any atom is 0.338 e. The molecule has 0 aliphatic rings. The Balaban J connectivity index is 2.34. The van der Waals surface area contributed by atoms with Crippen molar-refractivity contribution in [1.82, 2.24) is 0 Å². The number of ketones is 1. The van der Waals surface area contributed by atoms with Crippen LogP contribution in [0.1, 0.15) is 26.3 Å². The van der Waals surface area contributed by atoms with Gasteiger partial charge in [-0.15, -0.1) is 0 Å². The fourth-order valence-electron chi connectivity index (χ4n) is 2.20. The molecule has 0 radical (unpaired) electrons. The summed E-state index contributed by atoms with van der Waals surface area (Å²) in [7, 11) is 4.34. The average molecular weight is 326 g/mol. The van der Waals surface area contributed by atoms with Crippen LogP contribution >= 0.6 is 0 Å². The zero-order valence-corrected chi connectivity index (χ0v) is 13.7. The van der Waals surface area contributed by atoms with Gasteiger partial charge in [-0.2, -0.15) is 0 Å². The molecule has 2 aromatic carbocycles. The van der Waals surface area contributed by atoms with E-state index in [-0.39, 0.29) is 5.78 Å². The summed E-state index contributed by atoms with van der Waals surface area (Å²) >= 11 is 0. The number of benzene rings is 2. The van der Waals surface area contributed by atoms with E-state index < -0.39 is 5.97 Å². The van der Waals surface area contributed by atoms with Gasteiger partial charge in [-0.05, 0) is 35.9 Å². The van der Waals surface area contributed by atoms with E-state index in [1.54, 1.807) is 48.5 Å². The van der Waals surface area contributed by atoms with Crippen LogP contribution in [0.4, 0.5) is 0 Å². The fourth-order valence-corrected chi connectivity index (χ4v) is 2.20. The van der Waals surface area contributed by atoms with Crippen LogP contribution in [0, 0.1) is 0 Å². The number of rotatable bonds is 6. The summed E-state index contributed by atoms with van der Waals surface area (Å²) in [6.45, 7) is 0. The molecule has 0 fully saturated rings. The maximum atomic E-state index is 12.5. The lowest BCUT2D eigenvalue weighted by Crippen LogP contribution is -2.04. The van der Waals surface area contributed by atoms with Crippen LogP contribution in [-0.4, -0.2) is 33.1 Å². The second kappa shape index (κ2) is 7.97. The Bertz CT molecular complexity index is 777. The van der Waals surface area contributed by atoms with E-state index in [0.29, 0.717) is 28.2 Å². The number of ether oxygens (including phenoxy) is 3. The molecule has 0 atom stereocenters. The van der Waals surface area contributed by atoms with Crippen LogP contribution in [0.25, 0.3) is 6.08 Å². The highest BCUT2D eigenvalue weighted by Crippen LogP contribution is 2.25. The third kappa shape index (κ3) is 3.81. The van der Waals surface area contributed by atoms with Crippen molar-refractivity contribution in [2.45, 2.75) is 0 Å². The molecular formula is C19H18O5. The Kier molecular flexibility index (Phi) is 5.73. The molecule has 0 N–H and O–H groups in total. The van der Waals surface area contributed by atoms with Gasteiger partial charge in [0, 0.05) is 0 Å². The second-order valence-electron chi connectivity index (χ2n) is 4.84. The van der Waals surface area contributed by atoms with Gasteiger partial charge in [0.05, 0.1) is 32.5 Å². The van der Waals surface area contributed by atoms with E-state index in [1.165, 1.54) is 27.4 Å². The molecule has 0 unspecified atom stereocenters. The largest absolute Gasteiger partial charge is 0.497 e. The van der Waals surface area contributed by atoms with Crippen molar-refractivity contribution in [3.8, 4) is 11.5 Å². The van der Waals surface area contributed by atoms with Crippen LogP contribution in [0.15, 0.2) is 48.5 Å². The molecule has 0 heterocycles. The van der Waals surface area contributed by atoms with E-state index in [2.05, 4.69) is 0 Å². The van der Waals surface area contributed by atoms with Crippen molar-refractivity contribution in [3.05, 3.63) is 65.2 Å². The molecule has 124 valence electrons. The van der Waals surface area contributed by atoms with Crippen LogP contribution < -0.4 is 9.47 Å². The number of carbonyl (C=O) groups is 2. The zero-order valence-electron chi connectivity index (χ0n) is 13.7. The average Bonchev–Trinajstić information content (AvgIpc) is 2.65. The minimum atomic E-state index is -0.457. The van der Waals surface area contributed by atoms with Crippen LogP contribution in [0.3, 0.4) is 0 Å². The highest BCUT2D eigenvalue weighted by molar-refractivity contribution is 6.09. The summed E-state index contributed by atoms with van der Waals surface area (Å²) in [6, 6.07) is 11.9. The van der Waals surface area contributed by atoms with E-state index in [1.807, 2.05) is 0 Å². The number of hydrogen-bond donors (Lipinski definition) is 0. The highest BCUT2D eigenvalue weighted by Gasteiger charge is 2.13. The van der Waals surface area contributed by atoms with E-state index >= 15 is 0 Å². The third-order valence-electron chi connectivity index (χ3n) is 3.45. The molecule has 0 aliphatic heterocycles. The third-order valence-corrected chi connectivity index (χ3v) is 3.45. The molecule has 0 amide bonds. The minimum absolute atomic E-state index is 0.259. The first-order valence-electron chi connectivity index (χ1n) is 7.22. The molecule has 0 aromatic heterocycles. The Hall–Kier alpha value is -3.08. The first-order valence-corrected chi connectivity index (χ1v) is 7.22. The van der Waals surface area contributed by atoms with Crippen molar-refractivity contribution in [2.75, 3.05) is 21.3 Å². The summed E-state index contributed by atoms with van der Waals surface area (Å²) in [5, 5.41) is 0. The Morgan fingerprint density at radius 2 is 1.67 bits per heavy atom. The normalized spacial score (nSPS) is 10.5. The Morgan fingerprint density at radius 1 is 0.917 bits per heavy atom. The fraction of sp³-hybridized carbons (Fsp3) is 0.158. The lowest BCUT2D eigenvalue weighted by Gasteiger charge is -2.08. The topological polar surface area (TPSA) is 61.8 Å². The van der Waals surface area contributed by atoms with E-state index in [4.69, 9.17) is 14.2 Å². The lowest BCUT2D eigenvalue weighted by atomic mass is 10.0. The molecule has 0 bridgehead atoms. The van der Waals surface area contributed by atoms with E-state index in [9.17, 15) is 9.59 Å². The van der Waals surface area contributed by atoms with Crippen molar-refractivity contribution >= 4 is 17.8 Å². The molecule has 0 saturated carbocycles. The Morgan fingerprint density at radius 3 is 2.33 bits per heavy atom. The van der Waals surface area contributed by atoms with Gasteiger partial charge in [-0.3, -0.25) is 4.79 Å². The van der Waals surface area contributed by atoms with Crippen molar-refractivity contribution in [2.24, 2.45) is 0 Å². The van der Waals surface area contributed by atoms with Gasteiger partial charge in [-0.25, -0.2) is 4.79 Å². The highest BCUT2D eigenvalue weighted by atomic mass is 16.5. The van der Waals surface area contributed by atoms with Crippen molar-refractivity contribution in [1.29, 1.82) is 0 Å². The quantitative estimate of drug-likeness (QED) is 0.462. The van der Waals surface area contributed by atoms with Gasteiger partial charge in [0.15, 0.2) is 5.78 Å². The Labute approximate surface area is 140 Å². The molecule has 0 saturated heterocycles. The minimum Gasteiger partial charge on any atom is -0.497 e. The molecular weight excluding hydrogens is 308 g/mol. The van der Waals surface area contributed by atoms with Crippen molar-refractivity contribution < 1.29 is 23.8 Å². The number of hydrogen-bond acceptors (Lipinski definition) is 5. The molecule has 5 heteroatoms.